The maximum Gasteiger partial charge on any atom is 0.229 e. The summed E-state index contributed by atoms with van der Waals surface area (Å²) in [7, 11) is 1.60. The first kappa shape index (κ1) is 11.9. The third-order valence-electron chi connectivity index (χ3n) is 2.74. The lowest BCUT2D eigenvalue weighted by molar-refractivity contribution is -0.119. The number of carbonyl (C=O) groups is 1. The lowest BCUT2D eigenvalue weighted by atomic mass is 10.2. The van der Waals surface area contributed by atoms with Crippen LogP contribution in [0.5, 0.6) is 5.75 Å². The Balaban J connectivity index is 2.20. The number of benzene rings is 1. The molecule has 1 aliphatic heterocycles. The average molecular weight is 235 g/mol. The van der Waals surface area contributed by atoms with Crippen molar-refractivity contribution in [2.24, 2.45) is 0 Å². The number of hydrogen-bond donors (Lipinski definition) is 0. The van der Waals surface area contributed by atoms with Crippen molar-refractivity contribution in [3.63, 3.8) is 0 Å². The lowest BCUT2D eigenvalue weighted by Gasteiger charge is -2.33. The van der Waals surface area contributed by atoms with E-state index >= 15 is 0 Å². The van der Waals surface area contributed by atoms with Gasteiger partial charge in [0.2, 0.25) is 5.91 Å². The van der Waals surface area contributed by atoms with Crippen LogP contribution in [0.4, 0.5) is 5.69 Å². The monoisotopic (exact) mass is 235 g/mol. The van der Waals surface area contributed by atoms with Crippen molar-refractivity contribution in [1.82, 2.24) is 0 Å². The molecule has 2 rings (SSSR count). The second-order valence-corrected chi connectivity index (χ2v) is 4.14. The van der Waals surface area contributed by atoms with Crippen LogP contribution in [0.15, 0.2) is 24.3 Å². The number of carbonyl (C=O) groups excluding carboxylic acids is 1. The molecule has 0 spiro atoms. The summed E-state index contributed by atoms with van der Waals surface area (Å²) >= 11 is 0. The molecule has 0 aliphatic carbocycles. The lowest BCUT2D eigenvalue weighted by Crippen LogP contribution is -2.42. The van der Waals surface area contributed by atoms with Gasteiger partial charge in [0.25, 0.3) is 0 Å². The number of ether oxygens (including phenoxy) is 2. The van der Waals surface area contributed by atoms with Gasteiger partial charge in [-0.25, -0.2) is 0 Å². The fourth-order valence-corrected chi connectivity index (χ4v) is 1.95. The van der Waals surface area contributed by atoms with Gasteiger partial charge in [-0.2, -0.15) is 0 Å². The second-order valence-electron chi connectivity index (χ2n) is 4.14. The van der Waals surface area contributed by atoms with Crippen molar-refractivity contribution in [3.8, 4) is 5.75 Å². The molecule has 1 amide bonds. The highest BCUT2D eigenvalue weighted by Crippen LogP contribution is 2.33. The van der Waals surface area contributed by atoms with Crippen LogP contribution >= 0.6 is 0 Å². The summed E-state index contributed by atoms with van der Waals surface area (Å²) < 4.78 is 10.6. The van der Waals surface area contributed by atoms with Crippen LogP contribution in [-0.4, -0.2) is 32.3 Å². The fraction of sp³-hybridized carbons (Fsp3) is 0.462. The molecule has 0 unspecified atom stereocenters. The molecule has 1 aromatic carbocycles. The van der Waals surface area contributed by atoms with E-state index in [1.165, 1.54) is 0 Å². The molecular weight excluding hydrogens is 218 g/mol. The summed E-state index contributed by atoms with van der Waals surface area (Å²) in [6.45, 7) is 3.01. The van der Waals surface area contributed by atoms with Crippen LogP contribution in [0.1, 0.15) is 13.3 Å². The molecular formula is C13H17NO3. The molecule has 0 bridgehead atoms. The molecule has 1 aliphatic rings. The molecule has 4 heteroatoms. The van der Waals surface area contributed by atoms with Gasteiger partial charge in [0, 0.05) is 7.11 Å². The molecule has 1 aromatic rings. The van der Waals surface area contributed by atoms with Gasteiger partial charge >= 0.3 is 0 Å². The number of fused-ring (bicyclic) bond motifs is 1. The Morgan fingerprint density at radius 2 is 2.29 bits per heavy atom. The van der Waals surface area contributed by atoms with Gasteiger partial charge < -0.3 is 14.4 Å². The molecule has 0 saturated heterocycles. The van der Waals surface area contributed by atoms with E-state index in [0.717, 1.165) is 11.4 Å². The van der Waals surface area contributed by atoms with Gasteiger partial charge in [-0.05, 0) is 19.1 Å². The van der Waals surface area contributed by atoms with Crippen LogP contribution in [0.25, 0.3) is 0 Å². The Morgan fingerprint density at radius 1 is 1.53 bits per heavy atom. The maximum absolute atomic E-state index is 12.1. The number of hydrogen-bond acceptors (Lipinski definition) is 3. The Labute approximate surface area is 101 Å². The van der Waals surface area contributed by atoms with E-state index in [4.69, 9.17) is 9.47 Å². The van der Waals surface area contributed by atoms with Crippen molar-refractivity contribution < 1.29 is 14.3 Å². The maximum atomic E-state index is 12.1. The molecule has 0 fully saturated rings. The van der Waals surface area contributed by atoms with Crippen molar-refractivity contribution in [2.75, 3.05) is 25.2 Å². The second kappa shape index (κ2) is 5.19. The third-order valence-corrected chi connectivity index (χ3v) is 2.74. The molecule has 0 aromatic heterocycles. The number of nitrogens with zero attached hydrogens (tertiary/aromatic N) is 1. The first-order chi connectivity index (χ1) is 8.22. The molecule has 17 heavy (non-hydrogen) atoms. The van der Waals surface area contributed by atoms with E-state index < -0.39 is 0 Å². The Bertz CT molecular complexity index is 405. The Morgan fingerprint density at radius 3 is 3.06 bits per heavy atom. The quantitative estimate of drug-likeness (QED) is 0.802. The van der Waals surface area contributed by atoms with E-state index in [1.807, 2.05) is 31.2 Å². The number of methoxy groups -OCH3 is 1. The van der Waals surface area contributed by atoms with Gasteiger partial charge in [0.1, 0.15) is 11.9 Å². The molecule has 4 nitrogen and oxygen atoms in total. The highest BCUT2D eigenvalue weighted by molar-refractivity contribution is 5.95. The van der Waals surface area contributed by atoms with Gasteiger partial charge in [0.15, 0.2) is 0 Å². The zero-order chi connectivity index (χ0) is 12.3. The minimum Gasteiger partial charge on any atom is -0.487 e. The Kier molecular flexibility index (Phi) is 3.64. The van der Waals surface area contributed by atoms with Crippen molar-refractivity contribution in [2.45, 2.75) is 19.4 Å². The van der Waals surface area contributed by atoms with Crippen molar-refractivity contribution >= 4 is 11.6 Å². The van der Waals surface area contributed by atoms with E-state index in [2.05, 4.69) is 0 Å². The highest BCUT2D eigenvalue weighted by atomic mass is 16.5. The predicted octanol–water partition coefficient (Wildman–Crippen LogP) is 1.84. The smallest absolute Gasteiger partial charge is 0.229 e. The molecule has 1 atom stereocenters. The summed E-state index contributed by atoms with van der Waals surface area (Å²) in [6.07, 6.45) is 0.425. The van der Waals surface area contributed by atoms with Crippen molar-refractivity contribution in [1.29, 1.82) is 0 Å². The standard InChI is InChI=1S/C13H17NO3/c1-10-9-14(13(15)7-8-16-2)11-5-3-4-6-12(11)17-10/h3-6,10H,7-9H2,1-2H3/t10-/m0/s1. The Hall–Kier alpha value is -1.55. The van der Waals surface area contributed by atoms with Gasteiger partial charge in [-0.1, -0.05) is 12.1 Å². The minimum atomic E-state index is 0.0244. The fourth-order valence-electron chi connectivity index (χ4n) is 1.95. The van der Waals surface area contributed by atoms with E-state index in [-0.39, 0.29) is 12.0 Å². The van der Waals surface area contributed by atoms with Crippen LogP contribution < -0.4 is 9.64 Å². The van der Waals surface area contributed by atoms with Gasteiger partial charge in [-0.3, -0.25) is 4.79 Å². The predicted molar refractivity (Wildman–Crippen MR) is 65.4 cm³/mol. The summed E-state index contributed by atoms with van der Waals surface area (Å²) in [5.74, 6) is 0.853. The first-order valence-electron chi connectivity index (χ1n) is 5.77. The van der Waals surface area contributed by atoms with Gasteiger partial charge in [0.05, 0.1) is 25.3 Å². The topological polar surface area (TPSA) is 38.8 Å². The SMILES string of the molecule is COCCC(=O)N1C[C@H](C)Oc2ccccc21. The minimum absolute atomic E-state index is 0.0244. The van der Waals surface area contributed by atoms with Crippen LogP contribution in [0.2, 0.25) is 0 Å². The number of rotatable bonds is 3. The summed E-state index contributed by atoms with van der Waals surface area (Å²) in [6, 6.07) is 7.62. The van der Waals surface area contributed by atoms with E-state index in [1.54, 1.807) is 12.0 Å². The molecule has 0 N–H and O–H groups in total. The summed E-state index contributed by atoms with van der Waals surface area (Å²) in [5, 5.41) is 0. The first-order valence-corrected chi connectivity index (χ1v) is 5.77. The molecule has 92 valence electrons. The van der Waals surface area contributed by atoms with E-state index in [0.29, 0.717) is 19.6 Å². The highest BCUT2D eigenvalue weighted by Gasteiger charge is 2.26. The third kappa shape index (κ3) is 2.58. The van der Waals surface area contributed by atoms with Crippen LogP contribution in [0.3, 0.4) is 0 Å². The number of anilines is 1. The molecule has 0 saturated carbocycles. The number of para-hydroxylation sites is 2. The van der Waals surface area contributed by atoms with Gasteiger partial charge in [-0.15, -0.1) is 0 Å². The molecule has 0 radical (unpaired) electrons. The largest absolute Gasteiger partial charge is 0.487 e. The summed E-state index contributed by atoms with van der Waals surface area (Å²) in [4.78, 5) is 13.8. The van der Waals surface area contributed by atoms with Crippen LogP contribution in [0, 0.1) is 0 Å². The number of amides is 1. The zero-order valence-corrected chi connectivity index (χ0v) is 10.2. The average Bonchev–Trinajstić information content (AvgIpc) is 2.34. The van der Waals surface area contributed by atoms with Crippen LogP contribution in [-0.2, 0) is 9.53 Å². The summed E-state index contributed by atoms with van der Waals surface area (Å²) in [5.41, 5.74) is 0.853. The normalized spacial score (nSPS) is 18.5. The molecule has 1 heterocycles. The van der Waals surface area contributed by atoms with Crippen molar-refractivity contribution in [3.05, 3.63) is 24.3 Å². The zero-order valence-electron chi connectivity index (χ0n) is 10.2. The van der Waals surface area contributed by atoms with E-state index in [9.17, 15) is 4.79 Å².